The van der Waals surface area contributed by atoms with Crippen LogP contribution in [0.15, 0.2) is 24.5 Å². The summed E-state index contributed by atoms with van der Waals surface area (Å²) in [6.07, 6.45) is 4.96. The topological polar surface area (TPSA) is 25.8 Å². The van der Waals surface area contributed by atoms with Crippen molar-refractivity contribution in [2.24, 2.45) is 0 Å². The second-order valence-electron chi connectivity index (χ2n) is 4.14. The minimum Gasteiger partial charge on any atom is -0.261 e. The average Bonchev–Trinajstić information content (AvgIpc) is 2.53. The van der Waals surface area contributed by atoms with Gasteiger partial charge in [0.1, 0.15) is 0 Å². The first-order valence-electron chi connectivity index (χ1n) is 5.15. The summed E-state index contributed by atoms with van der Waals surface area (Å²) in [6.45, 7) is 4.07. The molecule has 0 radical (unpaired) electrons. The van der Waals surface area contributed by atoms with Crippen molar-refractivity contribution in [1.82, 2.24) is 9.97 Å². The van der Waals surface area contributed by atoms with Crippen LogP contribution in [-0.4, -0.2) is 9.97 Å². The summed E-state index contributed by atoms with van der Waals surface area (Å²) < 4.78 is 0. The Bertz CT molecular complexity index is 495. The number of nitrogens with zero attached hydrogens (tertiary/aromatic N) is 2. The number of aryl methyl sites for hydroxylation is 2. The summed E-state index contributed by atoms with van der Waals surface area (Å²) in [4.78, 5) is 8.69. The molecular formula is C13H12N2. The highest BCUT2D eigenvalue weighted by atomic mass is 14.7. The lowest BCUT2D eigenvalue weighted by Gasteiger charge is -2.00. The fraction of sp³-hybridized carbons (Fsp3) is 0.231. The lowest BCUT2D eigenvalue weighted by atomic mass is 10.1. The molecule has 0 atom stereocenters. The van der Waals surface area contributed by atoms with Gasteiger partial charge in [0.05, 0.1) is 0 Å². The molecule has 15 heavy (non-hydrogen) atoms. The highest BCUT2D eigenvalue weighted by Gasteiger charge is 2.18. The van der Waals surface area contributed by atoms with E-state index in [9.17, 15) is 0 Å². The van der Waals surface area contributed by atoms with Crippen LogP contribution >= 0.6 is 0 Å². The van der Waals surface area contributed by atoms with E-state index in [0.29, 0.717) is 0 Å². The van der Waals surface area contributed by atoms with E-state index in [1.165, 1.54) is 22.3 Å². The molecule has 0 saturated heterocycles. The van der Waals surface area contributed by atoms with E-state index in [4.69, 9.17) is 0 Å². The zero-order valence-corrected chi connectivity index (χ0v) is 8.91. The molecule has 0 spiro atoms. The molecular weight excluding hydrogens is 184 g/mol. The minimum absolute atomic E-state index is 1.03. The first-order chi connectivity index (χ1) is 7.24. The zero-order chi connectivity index (χ0) is 10.4. The highest BCUT2D eigenvalue weighted by molar-refractivity contribution is 5.75. The monoisotopic (exact) mass is 196 g/mol. The predicted molar refractivity (Wildman–Crippen MR) is 59.7 cm³/mol. The molecule has 0 fully saturated rings. The van der Waals surface area contributed by atoms with Gasteiger partial charge in [-0.15, -0.1) is 0 Å². The van der Waals surface area contributed by atoms with Gasteiger partial charge in [-0.25, -0.2) is 0 Å². The van der Waals surface area contributed by atoms with Crippen molar-refractivity contribution in [3.8, 4) is 11.1 Å². The number of fused-ring (bicyclic) bond motifs is 3. The van der Waals surface area contributed by atoms with Gasteiger partial charge in [-0.3, -0.25) is 9.97 Å². The molecule has 1 aliphatic rings. The largest absolute Gasteiger partial charge is 0.261 e. The molecule has 0 amide bonds. The molecule has 0 aromatic carbocycles. The van der Waals surface area contributed by atoms with Crippen LogP contribution in [0.2, 0.25) is 0 Å². The maximum Gasteiger partial charge on any atom is 0.0375 e. The van der Waals surface area contributed by atoms with Crippen LogP contribution in [0.5, 0.6) is 0 Å². The van der Waals surface area contributed by atoms with Gasteiger partial charge in [0, 0.05) is 34.9 Å². The smallest absolute Gasteiger partial charge is 0.0375 e. The Hall–Kier alpha value is -1.70. The second kappa shape index (κ2) is 2.89. The highest BCUT2D eigenvalue weighted by Crippen LogP contribution is 2.35. The van der Waals surface area contributed by atoms with Gasteiger partial charge in [-0.05, 0) is 43.5 Å². The van der Waals surface area contributed by atoms with Gasteiger partial charge in [0.15, 0.2) is 0 Å². The molecule has 0 aliphatic heterocycles. The Morgan fingerprint density at radius 2 is 1.33 bits per heavy atom. The molecule has 3 rings (SSSR count). The number of rotatable bonds is 0. The molecule has 0 N–H and O–H groups in total. The van der Waals surface area contributed by atoms with E-state index in [2.05, 4.69) is 22.1 Å². The lowest BCUT2D eigenvalue weighted by Crippen LogP contribution is -1.85. The number of pyridine rings is 2. The van der Waals surface area contributed by atoms with Gasteiger partial charge >= 0.3 is 0 Å². The molecule has 2 aromatic heterocycles. The van der Waals surface area contributed by atoms with E-state index in [0.717, 1.165) is 17.8 Å². The average molecular weight is 196 g/mol. The van der Waals surface area contributed by atoms with Crippen molar-refractivity contribution >= 4 is 0 Å². The van der Waals surface area contributed by atoms with E-state index in [1.54, 1.807) is 0 Å². The Labute approximate surface area is 89.0 Å². The third-order valence-corrected chi connectivity index (χ3v) is 2.92. The van der Waals surface area contributed by atoms with E-state index in [1.807, 2.05) is 26.2 Å². The van der Waals surface area contributed by atoms with Crippen LogP contribution in [0.1, 0.15) is 22.5 Å². The van der Waals surface area contributed by atoms with Gasteiger partial charge < -0.3 is 0 Å². The molecule has 0 bridgehead atoms. The molecule has 2 heteroatoms. The van der Waals surface area contributed by atoms with Crippen LogP contribution in [0.3, 0.4) is 0 Å². The van der Waals surface area contributed by atoms with Crippen molar-refractivity contribution in [3.05, 3.63) is 47.0 Å². The maximum atomic E-state index is 4.34. The molecule has 74 valence electrons. The summed E-state index contributed by atoms with van der Waals surface area (Å²) in [5.41, 5.74) is 7.44. The van der Waals surface area contributed by atoms with Crippen molar-refractivity contribution in [1.29, 1.82) is 0 Å². The fourth-order valence-electron chi connectivity index (χ4n) is 2.22. The van der Waals surface area contributed by atoms with Gasteiger partial charge in [-0.2, -0.15) is 0 Å². The van der Waals surface area contributed by atoms with Crippen LogP contribution < -0.4 is 0 Å². The summed E-state index contributed by atoms with van der Waals surface area (Å²) in [6, 6.07) is 4.34. The molecule has 1 aliphatic carbocycles. The van der Waals surface area contributed by atoms with Gasteiger partial charge in [0.25, 0.3) is 0 Å². The van der Waals surface area contributed by atoms with Crippen LogP contribution in [-0.2, 0) is 6.42 Å². The maximum absolute atomic E-state index is 4.34. The Kier molecular flexibility index (Phi) is 1.66. The summed E-state index contributed by atoms with van der Waals surface area (Å²) in [5.74, 6) is 0. The third-order valence-electron chi connectivity index (χ3n) is 2.92. The zero-order valence-electron chi connectivity index (χ0n) is 8.91. The molecule has 0 unspecified atom stereocenters. The first-order valence-corrected chi connectivity index (χ1v) is 5.15. The molecule has 0 saturated carbocycles. The summed E-state index contributed by atoms with van der Waals surface area (Å²) in [5, 5.41) is 0. The first kappa shape index (κ1) is 8.60. The van der Waals surface area contributed by atoms with E-state index in [-0.39, 0.29) is 0 Å². The summed E-state index contributed by atoms with van der Waals surface area (Å²) >= 11 is 0. The van der Waals surface area contributed by atoms with E-state index >= 15 is 0 Å². The SMILES string of the molecule is Cc1cc2c(cn1)-c1cnc(C)cc1C2. The normalized spacial score (nSPS) is 12.4. The second-order valence-corrected chi connectivity index (χ2v) is 4.14. The number of aromatic nitrogens is 2. The van der Waals surface area contributed by atoms with Crippen LogP contribution in [0, 0.1) is 13.8 Å². The predicted octanol–water partition coefficient (Wildman–Crippen LogP) is 2.66. The van der Waals surface area contributed by atoms with Crippen molar-refractivity contribution in [2.45, 2.75) is 20.3 Å². The molecule has 2 aromatic rings. The van der Waals surface area contributed by atoms with Gasteiger partial charge in [-0.1, -0.05) is 0 Å². The summed E-state index contributed by atoms with van der Waals surface area (Å²) in [7, 11) is 0. The third kappa shape index (κ3) is 1.25. The van der Waals surface area contributed by atoms with Gasteiger partial charge in [0.2, 0.25) is 0 Å². The Morgan fingerprint density at radius 3 is 1.80 bits per heavy atom. The van der Waals surface area contributed by atoms with Crippen molar-refractivity contribution in [2.75, 3.05) is 0 Å². The number of hydrogen-bond donors (Lipinski definition) is 0. The fourth-order valence-corrected chi connectivity index (χ4v) is 2.22. The Balaban J connectivity index is 2.24. The molecule has 2 nitrogen and oxygen atoms in total. The van der Waals surface area contributed by atoms with Crippen LogP contribution in [0.25, 0.3) is 11.1 Å². The lowest BCUT2D eigenvalue weighted by molar-refractivity contribution is 1.15. The quantitative estimate of drug-likeness (QED) is 0.552. The van der Waals surface area contributed by atoms with Crippen LogP contribution in [0.4, 0.5) is 0 Å². The number of hydrogen-bond acceptors (Lipinski definition) is 2. The Morgan fingerprint density at radius 1 is 0.867 bits per heavy atom. The standard InChI is InChI=1S/C13H12N2/c1-8-3-10-5-11-4-9(2)15-7-13(11)12(10)6-14-8/h3-4,6-7H,5H2,1-2H3. The minimum atomic E-state index is 1.03. The molecule has 2 heterocycles. The van der Waals surface area contributed by atoms with Crippen molar-refractivity contribution in [3.63, 3.8) is 0 Å². The van der Waals surface area contributed by atoms with E-state index < -0.39 is 0 Å². The van der Waals surface area contributed by atoms with Crippen molar-refractivity contribution < 1.29 is 0 Å².